The normalized spacial score (nSPS) is 10.5. The third-order valence-corrected chi connectivity index (χ3v) is 2.87. The molecule has 0 saturated carbocycles. The molecule has 2 heterocycles. The number of nitro groups is 1. The van der Waals surface area contributed by atoms with Crippen LogP contribution in [0, 0.1) is 10.1 Å². The smallest absolute Gasteiger partial charge is 0.283 e. The Hall–Kier alpha value is -3.49. The van der Waals surface area contributed by atoms with E-state index in [-0.39, 0.29) is 28.6 Å². The number of nitro benzene ring substituents is 1. The van der Waals surface area contributed by atoms with Crippen molar-refractivity contribution < 1.29 is 18.6 Å². The molecule has 0 saturated heterocycles. The lowest BCUT2D eigenvalue weighted by atomic mass is 10.1. The van der Waals surface area contributed by atoms with Gasteiger partial charge >= 0.3 is 0 Å². The predicted molar refractivity (Wildman–Crippen MR) is 72.6 cm³/mol. The second-order valence-electron chi connectivity index (χ2n) is 4.24. The van der Waals surface area contributed by atoms with Crippen LogP contribution in [-0.4, -0.2) is 21.0 Å². The van der Waals surface area contributed by atoms with Crippen molar-refractivity contribution in [3.63, 3.8) is 0 Å². The molecule has 9 heteroatoms. The lowest BCUT2D eigenvalue weighted by Gasteiger charge is -2.02. The molecule has 0 aliphatic rings. The number of carbonyl (C=O) groups excluding carboxylic acids is 1. The topological polar surface area (TPSA) is 138 Å². The second-order valence-corrected chi connectivity index (χ2v) is 4.24. The van der Waals surface area contributed by atoms with E-state index in [0.29, 0.717) is 5.76 Å². The van der Waals surface area contributed by atoms with E-state index in [4.69, 9.17) is 14.6 Å². The van der Waals surface area contributed by atoms with E-state index >= 15 is 0 Å². The highest BCUT2D eigenvalue weighted by Crippen LogP contribution is 2.28. The van der Waals surface area contributed by atoms with E-state index in [9.17, 15) is 14.9 Å². The Morgan fingerprint density at radius 3 is 2.64 bits per heavy atom. The van der Waals surface area contributed by atoms with Gasteiger partial charge in [0.05, 0.1) is 22.3 Å². The highest BCUT2D eigenvalue weighted by molar-refractivity contribution is 5.99. The van der Waals surface area contributed by atoms with Crippen LogP contribution in [0.15, 0.2) is 45.4 Å². The monoisotopic (exact) mass is 300 g/mol. The summed E-state index contributed by atoms with van der Waals surface area (Å²) in [5, 5.41) is 18.4. The van der Waals surface area contributed by atoms with Crippen molar-refractivity contribution in [2.45, 2.75) is 0 Å². The minimum Gasteiger partial charge on any atom is -0.459 e. The van der Waals surface area contributed by atoms with Gasteiger partial charge in [-0.3, -0.25) is 14.9 Å². The van der Waals surface area contributed by atoms with Crippen LogP contribution in [0.2, 0.25) is 0 Å². The highest BCUT2D eigenvalue weighted by atomic mass is 16.6. The first-order valence-electron chi connectivity index (χ1n) is 6.02. The summed E-state index contributed by atoms with van der Waals surface area (Å²) in [5.74, 6) is -0.346. The van der Waals surface area contributed by atoms with Crippen LogP contribution in [0.4, 0.5) is 5.69 Å². The molecule has 1 aromatic carbocycles. The minimum atomic E-state index is -0.837. The zero-order valence-corrected chi connectivity index (χ0v) is 10.9. The minimum absolute atomic E-state index is 0.00935. The maximum absolute atomic E-state index is 11.5. The molecule has 0 spiro atoms. The molecule has 9 nitrogen and oxygen atoms in total. The van der Waals surface area contributed by atoms with E-state index in [2.05, 4.69) is 10.2 Å². The van der Waals surface area contributed by atoms with E-state index < -0.39 is 10.8 Å². The summed E-state index contributed by atoms with van der Waals surface area (Å²) < 4.78 is 10.5. The van der Waals surface area contributed by atoms with Crippen LogP contribution >= 0.6 is 0 Å². The Bertz CT molecular complexity index is 853. The number of rotatable bonds is 4. The van der Waals surface area contributed by atoms with Crippen molar-refractivity contribution in [3.8, 4) is 23.1 Å². The SMILES string of the molecule is NC(=O)c1cc([N+](=O)[O-])ccc1-c1nnc(-c2ccco2)o1. The molecular formula is C13H8N4O5. The van der Waals surface area contributed by atoms with Crippen LogP contribution in [0.5, 0.6) is 0 Å². The number of hydrogen-bond acceptors (Lipinski definition) is 7. The summed E-state index contributed by atoms with van der Waals surface area (Å²) >= 11 is 0. The third-order valence-electron chi connectivity index (χ3n) is 2.87. The van der Waals surface area contributed by atoms with E-state index in [1.807, 2.05) is 0 Å². The van der Waals surface area contributed by atoms with Gasteiger partial charge in [0, 0.05) is 12.1 Å². The third kappa shape index (κ3) is 2.30. The standard InChI is InChI=1S/C13H8N4O5/c14-11(18)9-6-7(17(19)20)3-4-8(9)12-15-16-13(22-12)10-2-1-5-21-10/h1-6H,(H2,14,18). The van der Waals surface area contributed by atoms with Gasteiger partial charge in [0.25, 0.3) is 11.6 Å². The number of hydrogen-bond donors (Lipinski definition) is 1. The molecule has 0 radical (unpaired) electrons. The Morgan fingerprint density at radius 1 is 1.23 bits per heavy atom. The van der Waals surface area contributed by atoms with Gasteiger partial charge in [0.1, 0.15) is 0 Å². The Kier molecular flexibility index (Phi) is 3.14. The lowest BCUT2D eigenvalue weighted by molar-refractivity contribution is -0.384. The zero-order valence-electron chi connectivity index (χ0n) is 10.9. The van der Waals surface area contributed by atoms with Gasteiger partial charge in [-0.05, 0) is 18.2 Å². The molecule has 2 aromatic heterocycles. The van der Waals surface area contributed by atoms with Gasteiger partial charge in [-0.2, -0.15) is 0 Å². The predicted octanol–water partition coefficient (Wildman–Crippen LogP) is 2.00. The van der Waals surface area contributed by atoms with Crippen LogP contribution < -0.4 is 5.73 Å². The Labute approximate surface area is 122 Å². The van der Waals surface area contributed by atoms with Gasteiger partial charge in [-0.25, -0.2) is 0 Å². The van der Waals surface area contributed by atoms with Crippen molar-refractivity contribution in [2.75, 3.05) is 0 Å². The zero-order chi connectivity index (χ0) is 15.7. The van der Waals surface area contributed by atoms with Gasteiger partial charge in [-0.15, -0.1) is 10.2 Å². The molecule has 0 aliphatic carbocycles. The van der Waals surface area contributed by atoms with Gasteiger partial charge in [0.15, 0.2) is 5.76 Å². The van der Waals surface area contributed by atoms with E-state index in [1.165, 1.54) is 18.4 Å². The van der Waals surface area contributed by atoms with Gasteiger partial charge < -0.3 is 14.6 Å². The van der Waals surface area contributed by atoms with Crippen LogP contribution in [0.3, 0.4) is 0 Å². The first kappa shape index (κ1) is 13.5. The number of non-ortho nitro benzene ring substituents is 1. The largest absolute Gasteiger partial charge is 0.459 e. The summed E-state index contributed by atoms with van der Waals surface area (Å²) in [6.07, 6.45) is 1.44. The second kappa shape index (κ2) is 5.13. The molecule has 0 unspecified atom stereocenters. The van der Waals surface area contributed by atoms with E-state index in [1.54, 1.807) is 12.1 Å². The van der Waals surface area contributed by atoms with Gasteiger partial charge in [0.2, 0.25) is 11.8 Å². The molecule has 22 heavy (non-hydrogen) atoms. The Morgan fingerprint density at radius 2 is 2.00 bits per heavy atom. The van der Waals surface area contributed by atoms with Crippen LogP contribution in [-0.2, 0) is 0 Å². The molecule has 0 aliphatic heterocycles. The fourth-order valence-corrected chi connectivity index (χ4v) is 1.87. The first-order chi connectivity index (χ1) is 10.6. The van der Waals surface area contributed by atoms with Crippen LogP contribution in [0.25, 0.3) is 23.1 Å². The quantitative estimate of drug-likeness (QED) is 0.574. The Balaban J connectivity index is 2.08. The van der Waals surface area contributed by atoms with Crippen molar-refractivity contribution in [1.82, 2.24) is 10.2 Å². The van der Waals surface area contributed by atoms with Crippen molar-refractivity contribution in [2.24, 2.45) is 5.73 Å². The summed E-state index contributed by atoms with van der Waals surface area (Å²) in [5.41, 5.74) is 5.12. The number of amides is 1. The summed E-state index contributed by atoms with van der Waals surface area (Å²) in [6.45, 7) is 0. The number of carbonyl (C=O) groups is 1. The number of aromatic nitrogens is 2. The number of nitrogens with two attached hydrogens (primary N) is 1. The molecule has 3 rings (SSSR count). The van der Waals surface area contributed by atoms with Crippen molar-refractivity contribution in [3.05, 3.63) is 52.3 Å². The molecule has 110 valence electrons. The van der Waals surface area contributed by atoms with Gasteiger partial charge in [-0.1, -0.05) is 0 Å². The van der Waals surface area contributed by atoms with E-state index in [0.717, 1.165) is 6.07 Å². The average molecular weight is 300 g/mol. The number of primary amides is 1. The van der Waals surface area contributed by atoms with Crippen LogP contribution in [0.1, 0.15) is 10.4 Å². The molecule has 1 amide bonds. The maximum atomic E-state index is 11.5. The number of benzene rings is 1. The van der Waals surface area contributed by atoms with Crippen molar-refractivity contribution >= 4 is 11.6 Å². The first-order valence-corrected chi connectivity index (χ1v) is 6.02. The summed E-state index contributed by atoms with van der Waals surface area (Å²) in [6, 6.07) is 6.90. The number of furan rings is 1. The molecular weight excluding hydrogens is 292 g/mol. The molecule has 0 bridgehead atoms. The fraction of sp³-hybridized carbons (Fsp3) is 0. The average Bonchev–Trinajstić information content (AvgIpc) is 3.17. The number of nitrogens with zero attached hydrogens (tertiary/aromatic N) is 3. The summed E-state index contributed by atoms with van der Waals surface area (Å²) in [7, 11) is 0. The molecule has 0 atom stereocenters. The fourth-order valence-electron chi connectivity index (χ4n) is 1.87. The summed E-state index contributed by atoms with van der Waals surface area (Å²) in [4.78, 5) is 21.6. The lowest BCUT2D eigenvalue weighted by Crippen LogP contribution is -2.13. The van der Waals surface area contributed by atoms with Crippen molar-refractivity contribution in [1.29, 1.82) is 0 Å². The maximum Gasteiger partial charge on any atom is 0.283 e. The molecule has 2 N–H and O–H groups in total. The molecule has 3 aromatic rings. The molecule has 0 fully saturated rings. The highest BCUT2D eigenvalue weighted by Gasteiger charge is 2.20.